The van der Waals surface area contributed by atoms with E-state index < -0.39 is 0 Å². The van der Waals surface area contributed by atoms with Crippen LogP contribution in [0.4, 0.5) is 4.79 Å². The highest BCUT2D eigenvalue weighted by atomic mass is 32.1. The quantitative estimate of drug-likeness (QED) is 0.822. The zero-order valence-electron chi connectivity index (χ0n) is 13.4. The van der Waals surface area contributed by atoms with E-state index in [0.29, 0.717) is 18.0 Å². The number of carbonyl (C=O) groups excluding carboxylic acids is 2. The molecule has 8 heteroatoms. The molecule has 0 spiro atoms. The molecule has 3 heterocycles. The molecule has 0 saturated carbocycles. The van der Waals surface area contributed by atoms with Gasteiger partial charge in [0.2, 0.25) is 0 Å². The average molecular weight is 364 g/mol. The summed E-state index contributed by atoms with van der Waals surface area (Å²) in [5.74, 6) is -0.280. The summed E-state index contributed by atoms with van der Waals surface area (Å²) < 4.78 is 0. The fourth-order valence-corrected chi connectivity index (χ4v) is 4.05. The first kappa shape index (κ1) is 16.9. The molecule has 0 atom stereocenters. The lowest BCUT2D eigenvalue weighted by Gasteiger charge is -2.34. The molecule has 1 aliphatic heterocycles. The van der Waals surface area contributed by atoms with Gasteiger partial charge in [-0.15, -0.1) is 22.7 Å². The molecule has 6 nitrogen and oxygen atoms in total. The molecule has 0 bridgehead atoms. The van der Waals surface area contributed by atoms with Crippen molar-refractivity contribution in [3.8, 4) is 0 Å². The second kappa shape index (κ2) is 7.78. The van der Waals surface area contributed by atoms with Crippen LogP contribution in [0.1, 0.15) is 19.4 Å². The highest BCUT2D eigenvalue weighted by molar-refractivity contribution is 7.13. The molecule has 2 aromatic rings. The Morgan fingerprint density at radius 1 is 1.12 bits per heavy atom. The molecule has 24 heavy (non-hydrogen) atoms. The number of aryl methyl sites for hydroxylation is 1. The summed E-state index contributed by atoms with van der Waals surface area (Å²) >= 11 is 3.16. The fourth-order valence-electron chi connectivity index (χ4n) is 2.54. The molecular weight excluding hydrogens is 344 g/mol. The molecule has 0 unspecified atom stereocenters. The SMILES string of the molecule is Cc1ccc(C(=O)NNC(=O)N2CCN(Cc3cccs3)CC2)s1. The van der Waals surface area contributed by atoms with Gasteiger partial charge in [0.25, 0.3) is 5.91 Å². The third-order valence-corrected chi connectivity index (χ3v) is 5.73. The number of rotatable bonds is 3. The van der Waals surface area contributed by atoms with E-state index in [1.165, 1.54) is 16.2 Å². The normalized spacial score (nSPS) is 15.3. The van der Waals surface area contributed by atoms with Crippen LogP contribution in [-0.4, -0.2) is 47.9 Å². The highest BCUT2D eigenvalue weighted by Crippen LogP contribution is 2.15. The van der Waals surface area contributed by atoms with Gasteiger partial charge in [-0.3, -0.25) is 15.1 Å². The smallest absolute Gasteiger partial charge is 0.321 e. The van der Waals surface area contributed by atoms with Gasteiger partial charge in [0.1, 0.15) is 0 Å². The molecule has 1 saturated heterocycles. The number of hydrazine groups is 1. The van der Waals surface area contributed by atoms with Crippen LogP contribution >= 0.6 is 22.7 Å². The Kier molecular flexibility index (Phi) is 5.49. The number of nitrogens with zero attached hydrogens (tertiary/aromatic N) is 2. The number of amides is 3. The Hall–Kier alpha value is -1.90. The average Bonchev–Trinajstić information content (AvgIpc) is 3.24. The third kappa shape index (κ3) is 4.34. The molecule has 1 fully saturated rings. The van der Waals surface area contributed by atoms with E-state index in [4.69, 9.17) is 0 Å². The van der Waals surface area contributed by atoms with Gasteiger partial charge in [0.05, 0.1) is 4.88 Å². The number of thiophene rings is 2. The maximum absolute atomic E-state index is 12.1. The van der Waals surface area contributed by atoms with Crippen molar-refractivity contribution in [2.24, 2.45) is 0 Å². The third-order valence-electron chi connectivity index (χ3n) is 3.87. The molecular formula is C16H20N4O2S2. The summed E-state index contributed by atoms with van der Waals surface area (Å²) in [6.07, 6.45) is 0. The number of hydrogen-bond donors (Lipinski definition) is 2. The van der Waals surface area contributed by atoms with Crippen molar-refractivity contribution in [2.75, 3.05) is 26.2 Å². The summed E-state index contributed by atoms with van der Waals surface area (Å²) in [4.78, 5) is 31.1. The van der Waals surface area contributed by atoms with Gasteiger partial charge in [-0.25, -0.2) is 10.2 Å². The number of nitrogens with one attached hydrogen (secondary N) is 2. The van der Waals surface area contributed by atoms with Crippen LogP contribution < -0.4 is 10.9 Å². The zero-order valence-corrected chi connectivity index (χ0v) is 15.1. The summed E-state index contributed by atoms with van der Waals surface area (Å²) in [6.45, 7) is 5.86. The van der Waals surface area contributed by atoms with Gasteiger partial charge < -0.3 is 4.90 Å². The van der Waals surface area contributed by atoms with Crippen LogP contribution in [0.3, 0.4) is 0 Å². The maximum atomic E-state index is 12.1. The standard InChI is InChI=1S/C16H20N4O2S2/c1-12-4-5-14(24-12)15(21)17-18-16(22)20-8-6-19(7-9-20)11-13-3-2-10-23-13/h2-5,10H,6-9,11H2,1H3,(H,17,21)(H,18,22). The lowest BCUT2D eigenvalue weighted by molar-refractivity contribution is 0.0923. The maximum Gasteiger partial charge on any atom is 0.336 e. The Balaban J connectivity index is 1.41. The second-order valence-corrected chi connectivity index (χ2v) is 7.96. The minimum absolute atomic E-state index is 0.257. The molecule has 0 aliphatic carbocycles. The zero-order chi connectivity index (χ0) is 16.9. The summed E-state index contributed by atoms with van der Waals surface area (Å²) in [6, 6.07) is 7.57. The number of urea groups is 1. The fraction of sp³-hybridized carbons (Fsp3) is 0.375. The van der Waals surface area contributed by atoms with Crippen molar-refractivity contribution in [1.29, 1.82) is 0 Å². The molecule has 3 amide bonds. The van der Waals surface area contributed by atoms with E-state index >= 15 is 0 Å². The van der Waals surface area contributed by atoms with Crippen molar-refractivity contribution in [3.05, 3.63) is 44.3 Å². The first-order valence-corrected chi connectivity index (χ1v) is 9.48. The molecule has 2 N–H and O–H groups in total. The van der Waals surface area contributed by atoms with E-state index in [2.05, 4.69) is 33.3 Å². The van der Waals surface area contributed by atoms with Gasteiger partial charge in [-0.05, 0) is 30.5 Å². The monoisotopic (exact) mass is 364 g/mol. The molecule has 2 aromatic heterocycles. The molecule has 3 rings (SSSR count). The van der Waals surface area contributed by atoms with Crippen LogP contribution in [0.2, 0.25) is 0 Å². The first-order chi connectivity index (χ1) is 11.6. The van der Waals surface area contributed by atoms with Crippen LogP contribution in [0.5, 0.6) is 0 Å². The summed E-state index contributed by atoms with van der Waals surface area (Å²) in [5, 5.41) is 2.08. The molecule has 0 aromatic carbocycles. The van der Waals surface area contributed by atoms with Crippen molar-refractivity contribution < 1.29 is 9.59 Å². The van der Waals surface area contributed by atoms with Gasteiger partial charge in [0.15, 0.2) is 0 Å². The lowest BCUT2D eigenvalue weighted by atomic mass is 10.3. The van der Waals surface area contributed by atoms with Gasteiger partial charge in [-0.1, -0.05) is 6.07 Å². The highest BCUT2D eigenvalue weighted by Gasteiger charge is 2.21. The summed E-state index contributed by atoms with van der Waals surface area (Å²) in [7, 11) is 0. The van der Waals surface area contributed by atoms with Crippen molar-refractivity contribution in [2.45, 2.75) is 13.5 Å². The largest absolute Gasteiger partial charge is 0.336 e. The predicted octanol–water partition coefficient (Wildman–Crippen LogP) is 2.29. The van der Waals surface area contributed by atoms with Crippen molar-refractivity contribution in [1.82, 2.24) is 20.7 Å². The number of carbonyl (C=O) groups is 2. The van der Waals surface area contributed by atoms with Crippen LogP contribution in [-0.2, 0) is 6.54 Å². The van der Waals surface area contributed by atoms with E-state index in [1.807, 2.05) is 13.0 Å². The number of piperazine rings is 1. The van der Waals surface area contributed by atoms with Crippen molar-refractivity contribution in [3.63, 3.8) is 0 Å². The Labute approximate surface area is 149 Å². The van der Waals surface area contributed by atoms with Gasteiger partial charge >= 0.3 is 6.03 Å². The van der Waals surface area contributed by atoms with Gasteiger partial charge in [0, 0.05) is 42.5 Å². The Morgan fingerprint density at radius 2 is 1.92 bits per heavy atom. The van der Waals surface area contributed by atoms with Gasteiger partial charge in [-0.2, -0.15) is 0 Å². The Morgan fingerprint density at radius 3 is 2.54 bits per heavy atom. The van der Waals surface area contributed by atoms with Crippen LogP contribution in [0.15, 0.2) is 29.6 Å². The van der Waals surface area contributed by atoms with E-state index in [9.17, 15) is 9.59 Å². The van der Waals surface area contributed by atoms with E-state index in [0.717, 1.165) is 24.5 Å². The van der Waals surface area contributed by atoms with Crippen LogP contribution in [0, 0.1) is 6.92 Å². The predicted molar refractivity (Wildman–Crippen MR) is 96.2 cm³/mol. The lowest BCUT2D eigenvalue weighted by Crippen LogP contribution is -2.54. The minimum Gasteiger partial charge on any atom is -0.321 e. The molecule has 0 radical (unpaired) electrons. The second-order valence-electron chi connectivity index (χ2n) is 5.64. The molecule has 128 valence electrons. The summed E-state index contributed by atoms with van der Waals surface area (Å²) in [5.41, 5.74) is 4.97. The van der Waals surface area contributed by atoms with E-state index in [-0.39, 0.29) is 11.9 Å². The van der Waals surface area contributed by atoms with E-state index in [1.54, 1.807) is 22.3 Å². The minimum atomic E-state index is -0.280. The topological polar surface area (TPSA) is 64.7 Å². The Bertz CT molecular complexity index is 691. The van der Waals surface area contributed by atoms with Crippen LogP contribution in [0.25, 0.3) is 0 Å². The number of hydrogen-bond acceptors (Lipinski definition) is 5. The molecule has 1 aliphatic rings. The first-order valence-electron chi connectivity index (χ1n) is 7.78. The van der Waals surface area contributed by atoms with Crippen molar-refractivity contribution >= 4 is 34.6 Å².